The second kappa shape index (κ2) is 2.10. The Bertz CT molecular complexity index is 324. The molecule has 0 aromatic carbocycles. The summed E-state index contributed by atoms with van der Waals surface area (Å²) in [5.41, 5.74) is 0.969. The molecule has 0 saturated carbocycles. The van der Waals surface area contributed by atoms with E-state index in [0.717, 1.165) is 0 Å². The number of ether oxygens (including phenoxy) is 2. The molecule has 64 valence electrons. The molecule has 0 fully saturated rings. The highest BCUT2D eigenvalue weighted by molar-refractivity contribution is 5.93. The number of fused-ring (bicyclic) bond motifs is 1. The summed E-state index contributed by atoms with van der Waals surface area (Å²) >= 11 is 0. The Morgan fingerprint density at radius 1 is 1.33 bits per heavy atom. The number of hydrogen-bond acceptors (Lipinski definition) is 4. The predicted octanol–water partition coefficient (Wildman–Crippen LogP) is 0.440. The molecule has 1 N–H and O–H groups in total. The molecule has 4 nitrogen and oxygen atoms in total. The largest absolute Gasteiger partial charge is 0.457 e. The number of carbonyl (C=O) groups is 1. The third-order valence-corrected chi connectivity index (χ3v) is 2.01. The average Bonchev–Trinajstić information content (AvgIpc) is 2.43. The van der Waals surface area contributed by atoms with Crippen LogP contribution in [0.4, 0.5) is 0 Å². The van der Waals surface area contributed by atoms with Crippen molar-refractivity contribution in [2.24, 2.45) is 0 Å². The minimum absolute atomic E-state index is 0.380. The van der Waals surface area contributed by atoms with E-state index in [1.54, 1.807) is 13.8 Å². The van der Waals surface area contributed by atoms with Crippen molar-refractivity contribution >= 4 is 5.97 Å². The molecule has 0 aliphatic carbocycles. The fraction of sp³-hybridized carbons (Fsp3) is 0.375. The maximum Gasteiger partial charge on any atom is 0.343 e. The molecule has 0 aromatic rings. The van der Waals surface area contributed by atoms with Gasteiger partial charge >= 0.3 is 5.97 Å². The molecule has 2 aliphatic heterocycles. The number of hydrogen-bond donors (Lipinski definition) is 1. The highest BCUT2D eigenvalue weighted by Gasteiger charge is 2.38. The topological polar surface area (TPSA) is 55.8 Å². The summed E-state index contributed by atoms with van der Waals surface area (Å²) in [5.74, 6) is 0.362. The highest BCUT2D eigenvalue weighted by atomic mass is 16.6. The molecule has 0 aromatic heterocycles. The van der Waals surface area contributed by atoms with Crippen LogP contribution >= 0.6 is 0 Å². The lowest BCUT2D eigenvalue weighted by Crippen LogP contribution is -2.07. The van der Waals surface area contributed by atoms with E-state index in [0.29, 0.717) is 22.7 Å². The lowest BCUT2D eigenvalue weighted by molar-refractivity contribution is -0.133. The molecule has 0 saturated heterocycles. The Morgan fingerprint density at radius 3 is 2.58 bits per heavy atom. The Kier molecular flexibility index (Phi) is 1.29. The van der Waals surface area contributed by atoms with Crippen molar-refractivity contribution in [2.45, 2.75) is 20.1 Å². The Balaban J connectivity index is 2.52. The van der Waals surface area contributed by atoms with E-state index in [-0.39, 0.29) is 0 Å². The fourth-order valence-electron chi connectivity index (χ4n) is 1.19. The SMILES string of the molecule is CC1=C2OC(O)C(C)=C2OC1=O. The van der Waals surface area contributed by atoms with Crippen LogP contribution in [0.25, 0.3) is 0 Å². The molecule has 1 unspecified atom stereocenters. The molecule has 0 radical (unpaired) electrons. The molecule has 2 aliphatic rings. The molecule has 12 heavy (non-hydrogen) atoms. The Labute approximate surface area is 69.1 Å². The first-order valence-corrected chi connectivity index (χ1v) is 3.60. The second-order valence-corrected chi connectivity index (χ2v) is 2.83. The summed E-state index contributed by atoms with van der Waals surface area (Å²) in [6.45, 7) is 3.27. The third-order valence-electron chi connectivity index (χ3n) is 2.01. The Hall–Kier alpha value is -1.29. The van der Waals surface area contributed by atoms with Crippen molar-refractivity contribution in [3.8, 4) is 0 Å². The van der Waals surface area contributed by atoms with Crippen LogP contribution in [0.2, 0.25) is 0 Å². The van der Waals surface area contributed by atoms with Gasteiger partial charge in [-0.1, -0.05) is 0 Å². The van der Waals surface area contributed by atoms with E-state index >= 15 is 0 Å². The van der Waals surface area contributed by atoms with E-state index in [9.17, 15) is 9.90 Å². The van der Waals surface area contributed by atoms with Crippen LogP contribution in [-0.2, 0) is 14.3 Å². The van der Waals surface area contributed by atoms with E-state index in [1.165, 1.54) is 0 Å². The summed E-state index contributed by atoms with van der Waals surface area (Å²) in [7, 11) is 0. The zero-order valence-electron chi connectivity index (χ0n) is 6.75. The van der Waals surface area contributed by atoms with Crippen molar-refractivity contribution < 1.29 is 19.4 Å². The summed E-state index contributed by atoms with van der Waals surface area (Å²) in [6, 6.07) is 0. The van der Waals surface area contributed by atoms with Crippen LogP contribution in [0, 0.1) is 0 Å². The van der Waals surface area contributed by atoms with Crippen LogP contribution in [-0.4, -0.2) is 17.4 Å². The molecule has 2 heterocycles. The molecule has 4 heteroatoms. The molecule has 1 atom stereocenters. The number of aliphatic hydroxyl groups excluding tert-OH is 1. The maximum atomic E-state index is 11.0. The van der Waals surface area contributed by atoms with Crippen LogP contribution in [0.15, 0.2) is 22.7 Å². The van der Waals surface area contributed by atoms with Crippen LogP contribution < -0.4 is 0 Å². The minimum atomic E-state index is -0.960. The maximum absolute atomic E-state index is 11.0. The van der Waals surface area contributed by atoms with E-state index < -0.39 is 12.3 Å². The molecule has 0 spiro atoms. The van der Waals surface area contributed by atoms with E-state index in [1.807, 2.05) is 0 Å². The van der Waals surface area contributed by atoms with Crippen LogP contribution in [0.1, 0.15) is 13.8 Å². The summed E-state index contributed by atoms with van der Waals surface area (Å²) < 4.78 is 9.86. The summed E-state index contributed by atoms with van der Waals surface area (Å²) in [6.07, 6.45) is -0.960. The van der Waals surface area contributed by atoms with Gasteiger partial charge in [0.15, 0.2) is 11.5 Å². The first-order chi connectivity index (χ1) is 5.61. The highest BCUT2D eigenvalue weighted by Crippen LogP contribution is 2.36. The van der Waals surface area contributed by atoms with Crippen molar-refractivity contribution in [1.29, 1.82) is 0 Å². The number of esters is 1. The van der Waals surface area contributed by atoms with Crippen molar-refractivity contribution in [3.05, 3.63) is 22.7 Å². The van der Waals surface area contributed by atoms with Gasteiger partial charge < -0.3 is 14.6 Å². The Morgan fingerprint density at radius 2 is 2.00 bits per heavy atom. The molecule has 2 rings (SSSR count). The second-order valence-electron chi connectivity index (χ2n) is 2.83. The van der Waals surface area contributed by atoms with Gasteiger partial charge in [-0.25, -0.2) is 4.79 Å². The predicted molar refractivity (Wildman–Crippen MR) is 38.6 cm³/mol. The zero-order valence-corrected chi connectivity index (χ0v) is 6.75. The molecular formula is C8H8O4. The molecular weight excluding hydrogens is 160 g/mol. The lowest BCUT2D eigenvalue weighted by Gasteiger charge is -2.03. The molecule has 0 bridgehead atoms. The number of aliphatic hydroxyl groups is 1. The van der Waals surface area contributed by atoms with Gasteiger partial charge in [0, 0.05) is 5.57 Å². The summed E-state index contributed by atoms with van der Waals surface area (Å²) in [5, 5.41) is 9.20. The monoisotopic (exact) mass is 168 g/mol. The lowest BCUT2D eigenvalue weighted by atomic mass is 10.2. The van der Waals surface area contributed by atoms with Gasteiger partial charge in [-0.15, -0.1) is 0 Å². The van der Waals surface area contributed by atoms with E-state index in [2.05, 4.69) is 0 Å². The van der Waals surface area contributed by atoms with E-state index in [4.69, 9.17) is 9.47 Å². The third kappa shape index (κ3) is 0.726. The van der Waals surface area contributed by atoms with Crippen molar-refractivity contribution in [3.63, 3.8) is 0 Å². The summed E-state index contributed by atoms with van der Waals surface area (Å²) in [4.78, 5) is 11.0. The first kappa shape index (κ1) is 7.36. The normalized spacial score (nSPS) is 27.6. The van der Waals surface area contributed by atoms with Crippen molar-refractivity contribution in [1.82, 2.24) is 0 Å². The number of carbonyl (C=O) groups excluding carboxylic acids is 1. The molecule has 0 amide bonds. The minimum Gasteiger partial charge on any atom is -0.457 e. The van der Waals surface area contributed by atoms with Crippen LogP contribution in [0.5, 0.6) is 0 Å². The smallest absolute Gasteiger partial charge is 0.343 e. The van der Waals surface area contributed by atoms with Crippen molar-refractivity contribution in [2.75, 3.05) is 0 Å². The number of rotatable bonds is 0. The zero-order chi connectivity index (χ0) is 8.88. The van der Waals surface area contributed by atoms with Gasteiger partial charge in [0.1, 0.15) is 0 Å². The van der Waals surface area contributed by atoms with Gasteiger partial charge in [-0.05, 0) is 13.8 Å². The van der Waals surface area contributed by atoms with Gasteiger partial charge in [-0.3, -0.25) is 0 Å². The van der Waals surface area contributed by atoms with Gasteiger partial charge in [0.05, 0.1) is 5.57 Å². The average molecular weight is 168 g/mol. The van der Waals surface area contributed by atoms with Gasteiger partial charge in [0.25, 0.3) is 0 Å². The standard InChI is InChI=1S/C8H8O4/c1-3-5-6(12-7(3)9)4(2)8(10)11-5/h7,9H,1-2H3. The quantitative estimate of drug-likeness (QED) is 0.533. The van der Waals surface area contributed by atoms with Gasteiger partial charge in [-0.2, -0.15) is 0 Å². The first-order valence-electron chi connectivity index (χ1n) is 3.60. The van der Waals surface area contributed by atoms with Crippen LogP contribution in [0.3, 0.4) is 0 Å². The fourth-order valence-corrected chi connectivity index (χ4v) is 1.19. The van der Waals surface area contributed by atoms with Gasteiger partial charge in [0.2, 0.25) is 6.29 Å².